The first-order valence-electron chi connectivity index (χ1n) is 6.16. The van der Waals surface area contributed by atoms with Crippen LogP contribution >= 0.6 is 0 Å². The molecule has 2 aliphatic rings. The second-order valence-corrected chi connectivity index (χ2v) is 5.34. The third-order valence-electron chi connectivity index (χ3n) is 3.66. The van der Waals surface area contributed by atoms with Crippen molar-refractivity contribution in [2.24, 2.45) is 11.8 Å². The summed E-state index contributed by atoms with van der Waals surface area (Å²) in [5, 5.41) is 3.50. The number of nitrogens with one attached hydrogen (secondary N) is 1. The Morgan fingerprint density at radius 2 is 1.79 bits per heavy atom. The normalized spacial score (nSPS) is 34.7. The molecule has 0 aromatic rings. The Morgan fingerprint density at radius 3 is 2.36 bits per heavy atom. The Balaban J connectivity index is 2.06. The molecule has 0 aromatic carbocycles. The Morgan fingerprint density at radius 1 is 1.07 bits per heavy atom. The Kier molecular flexibility index (Phi) is 3.27. The molecule has 1 saturated heterocycles. The number of hydrogen-bond donors (Lipinski definition) is 1. The Hall–Kier alpha value is -0.300. The molecule has 1 aliphatic heterocycles. The van der Waals surface area contributed by atoms with Crippen molar-refractivity contribution in [2.75, 3.05) is 13.1 Å². The van der Waals surface area contributed by atoms with Gasteiger partial charge in [0.05, 0.1) is 0 Å². The molecule has 1 heteroatoms. The van der Waals surface area contributed by atoms with E-state index in [4.69, 9.17) is 0 Å². The Labute approximate surface area is 88.0 Å². The molecule has 1 aliphatic carbocycles. The molecule has 2 fully saturated rings. The van der Waals surface area contributed by atoms with E-state index >= 15 is 0 Å². The number of rotatable bonds is 0. The molecular formula is C13H23N. The molecular weight excluding hydrogens is 170 g/mol. The summed E-state index contributed by atoms with van der Waals surface area (Å²) in [6.07, 6.45) is 6.90. The second kappa shape index (κ2) is 4.48. The van der Waals surface area contributed by atoms with Crippen LogP contribution in [0.4, 0.5) is 0 Å². The molecule has 0 radical (unpaired) electrons. The molecule has 2 unspecified atom stereocenters. The summed E-state index contributed by atoms with van der Waals surface area (Å²) in [4.78, 5) is 0. The van der Waals surface area contributed by atoms with Crippen molar-refractivity contribution in [2.45, 2.75) is 46.0 Å². The van der Waals surface area contributed by atoms with Crippen LogP contribution in [0.1, 0.15) is 46.0 Å². The quantitative estimate of drug-likeness (QED) is 0.583. The van der Waals surface area contributed by atoms with Crippen LogP contribution in [-0.4, -0.2) is 13.1 Å². The molecule has 0 aromatic heterocycles. The standard InChI is InChI=1S/C13H23N/c1-10-6-11(2)8-13(7-10)12-4-3-5-14-9-12/h10-11,14H,3-9H2,1-2H3. The van der Waals surface area contributed by atoms with E-state index < -0.39 is 0 Å². The van der Waals surface area contributed by atoms with Crippen LogP contribution in [0.3, 0.4) is 0 Å². The van der Waals surface area contributed by atoms with Gasteiger partial charge in [0.2, 0.25) is 0 Å². The maximum absolute atomic E-state index is 3.50. The lowest BCUT2D eigenvalue weighted by atomic mass is 9.77. The first-order chi connectivity index (χ1) is 6.75. The fourth-order valence-electron chi connectivity index (χ4n) is 3.12. The van der Waals surface area contributed by atoms with E-state index in [-0.39, 0.29) is 0 Å². The third-order valence-corrected chi connectivity index (χ3v) is 3.66. The molecule has 0 spiro atoms. The van der Waals surface area contributed by atoms with Gasteiger partial charge in [0.1, 0.15) is 0 Å². The van der Waals surface area contributed by atoms with Crippen LogP contribution < -0.4 is 5.32 Å². The van der Waals surface area contributed by atoms with E-state index in [1.54, 1.807) is 11.1 Å². The van der Waals surface area contributed by atoms with Gasteiger partial charge < -0.3 is 5.32 Å². The zero-order valence-electron chi connectivity index (χ0n) is 9.60. The molecule has 80 valence electrons. The Bertz CT molecular complexity index is 209. The van der Waals surface area contributed by atoms with Crippen LogP contribution in [0.2, 0.25) is 0 Å². The predicted octanol–water partition coefficient (Wildman–Crippen LogP) is 3.12. The maximum Gasteiger partial charge on any atom is 0.0167 e. The summed E-state index contributed by atoms with van der Waals surface area (Å²) in [5.41, 5.74) is 3.54. The van der Waals surface area contributed by atoms with Gasteiger partial charge >= 0.3 is 0 Å². The van der Waals surface area contributed by atoms with Gasteiger partial charge in [-0.2, -0.15) is 0 Å². The van der Waals surface area contributed by atoms with Gasteiger partial charge in [-0.25, -0.2) is 0 Å². The van der Waals surface area contributed by atoms with Gasteiger partial charge in [-0.3, -0.25) is 0 Å². The van der Waals surface area contributed by atoms with Crippen LogP contribution in [0, 0.1) is 11.8 Å². The first kappa shape index (κ1) is 10.2. The van der Waals surface area contributed by atoms with Crippen molar-refractivity contribution in [1.29, 1.82) is 0 Å². The zero-order chi connectivity index (χ0) is 9.97. The molecule has 2 rings (SSSR count). The molecule has 14 heavy (non-hydrogen) atoms. The summed E-state index contributed by atoms with van der Waals surface area (Å²) in [6, 6.07) is 0. The average Bonchev–Trinajstić information content (AvgIpc) is 2.18. The number of allylic oxidation sites excluding steroid dienone is 1. The van der Waals surface area contributed by atoms with Crippen molar-refractivity contribution in [1.82, 2.24) is 5.32 Å². The van der Waals surface area contributed by atoms with E-state index in [0.717, 1.165) is 11.8 Å². The highest BCUT2D eigenvalue weighted by Gasteiger charge is 2.21. The summed E-state index contributed by atoms with van der Waals surface area (Å²) in [6.45, 7) is 7.22. The second-order valence-electron chi connectivity index (χ2n) is 5.34. The smallest absolute Gasteiger partial charge is 0.0167 e. The topological polar surface area (TPSA) is 12.0 Å². The van der Waals surface area contributed by atoms with E-state index in [9.17, 15) is 0 Å². The van der Waals surface area contributed by atoms with Crippen molar-refractivity contribution in [3.05, 3.63) is 11.1 Å². The highest BCUT2D eigenvalue weighted by molar-refractivity contribution is 5.19. The average molecular weight is 193 g/mol. The largest absolute Gasteiger partial charge is 0.313 e. The lowest BCUT2D eigenvalue weighted by molar-refractivity contribution is 0.353. The van der Waals surface area contributed by atoms with Crippen molar-refractivity contribution in [3.8, 4) is 0 Å². The molecule has 2 atom stereocenters. The van der Waals surface area contributed by atoms with E-state index in [2.05, 4.69) is 19.2 Å². The fraction of sp³-hybridized carbons (Fsp3) is 0.846. The van der Waals surface area contributed by atoms with Crippen molar-refractivity contribution in [3.63, 3.8) is 0 Å². The van der Waals surface area contributed by atoms with Gasteiger partial charge in [-0.15, -0.1) is 0 Å². The van der Waals surface area contributed by atoms with Crippen LogP contribution in [0.5, 0.6) is 0 Å². The SMILES string of the molecule is CC1CC(=C2CCCNC2)CC(C)C1. The van der Waals surface area contributed by atoms with Crippen LogP contribution in [0.25, 0.3) is 0 Å². The minimum Gasteiger partial charge on any atom is -0.313 e. The highest BCUT2D eigenvalue weighted by atomic mass is 14.9. The minimum atomic E-state index is 0.920. The monoisotopic (exact) mass is 193 g/mol. The molecule has 0 amide bonds. The number of hydrogen-bond acceptors (Lipinski definition) is 1. The van der Waals surface area contributed by atoms with Gasteiger partial charge in [-0.1, -0.05) is 25.0 Å². The molecule has 1 saturated carbocycles. The maximum atomic E-state index is 3.50. The summed E-state index contributed by atoms with van der Waals surface area (Å²) in [5.74, 6) is 1.84. The third kappa shape index (κ3) is 2.38. The van der Waals surface area contributed by atoms with Crippen LogP contribution in [-0.2, 0) is 0 Å². The fourth-order valence-corrected chi connectivity index (χ4v) is 3.12. The van der Waals surface area contributed by atoms with Crippen molar-refractivity contribution >= 4 is 0 Å². The first-order valence-corrected chi connectivity index (χ1v) is 6.16. The zero-order valence-corrected chi connectivity index (χ0v) is 9.60. The molecule has 1 heterocycles. The van der Waals surface area contributed by atoms with Gasteiger partial charge in [-0.05, 0) is 50.5 Å². The highest BCUT2D eigenvalue weighted by Crippen LogP contribution is 2.35. The minimum absolute atomic E-state index is 0.920. The van der Waals surface area contributed by atoms with Gasteiger partial charge in [0.25, 0.3) is 0 Å². The van der Waals surface area contributed by atoms with Gasteiger partial charge in [0, 0.05) is 6.54 Å². The lowest BCUT2D eigenvalue weighted by Gasteiger charge is -2.30. The summed E-state index contributed by atoms with van der Waals surface area (Å²) in [7, 11) is 0. The lowest BCUT2D eigenvalue weighted by Crippen LogP contribution is -2.26. The molecule has 1 N–H and O–H groups in total. The van der Waals surface area contributed by atoms with Crippen molar-refractivity contribution < 1.29 is 0 Å². The molecule has 1 nitrogen and oxygen atoms in total. The van der Waals surface area contributed by atoms with E-state index in [0.29, 0.717) is 0 Å². The van der Waals surface area contributed by atoms with Gasteiger partial charge in [0.15, 0.2) is 0 Å². The van der Waals surface area contributed by atoms with E-state index in [1.807, 2.05) is 0 Å². The molecule has 0 bridgehead atoms. The summed E-state index contributed by atoms with van der Waals surface area (Å²) < 4.78 is 0. The van der Waals surface area contributed by atoms with Crippen LogP contribution in [0.15, 0.2) is 11.1 Å². The van der Waals surface area contributed by atoms with E-state index in [1.165, 1.54) is 45.2 Å². The summed E-state index contributed by atoms with van der Waals surface area (Å²) >= 11 is 0. The number of piperidine rings is 1. The predicted molar refractivity (Wildman–Crippen MR) is 61.3 cm³/mol.